The highest BCUT2D eigenvalue weighted by atomic mass is 32.1. The van der Waals surface area contributed by atoms with Gasteiger partial charge in [0.25, 0.3) is 11.5 Å². The lowest BCUT2D eigenvalue weighted by molar-refractivity contribution is -0.121. The van der Waals surface area contributed by atoms with E-state index in [4.69, 9.17) is 4.74 Å². The molecule has 148 valence electrons. The third kappa shape index (κ3) is 3.07. The highest BCUT2D eigenvalue weighted by Gasteiger charge is 2.24. The van der Waals surface area contributed by atoms with E-state index < -0.39 is 11.5 Å². The van der Waals surface area contributed by atoms with E-state index in [0.717, 1.165) is 15.9 Å². The monoisotopic (exact) mass is 413 g/mol. The summed E-state index contributed by atoms with van der Waals surface area (Å²) >= 11 is 0.926. The van der Waals surface area contributed by atoms with E-state index in [0.29, 0.717) is 27.4 Å². The number of carbonyl (C=O) groups is 3. The van der Waals surface area contributed by atoms with Gasteiger partial charge in [-0.25, -0.2) is 9.78 Å². The molecule has 2 aromatic heterocycles. The van der Waals surface area contributed by atoms with Crippen molar-refractivity contribution in [1.29, 1.82) is 0 Å². The third-order valence-corrected chi connectivity index (χ3v) is 5.98. The average molecular weight is 413 g/mol. The lowest BCUT2D eigenvalue weighted by atomic mass is 10.1. The quantitative estimate of drug-likeness (QED) is 0.647. The summed E-state index contributed by atoms with van der Waals surface area (Å²) in [6.07, 6.45) is 1.24. The van der Waals surface area contributed by atoms with Crippen LogP contribution in [0.5, 0.6) is 5.75 Å². The number of aromatic carboxylic acids is 1. The van der Waals surface area contributed by atoms with E-state index in [1.807, 2.05) is 0 Å². The molecule has 4 rings (SSSR count). The van der Waals surface area contributed by atoms with Gasteiger partial charge >= 0.3 is 5.97 Å². The summed E-state index contributed by atoms with van der Waals surface area (Å²) in [5.74, 6) is -1.20. The zero-order valence-corrected chi connectivity index (χ0v) is 16.3. The molecule has 1 aliphatic heterocycles. The number of nitrogens with zero attached hydrogens (tertiary/aromatic N) is 3. The van der Waals surface area contributed by atoms with Gasteiger partial charge in [0, 0.05) is 12.6 Å². The first kappa shape index (κ1) is 18.8. The average Bonchev–Trinajstić information content (AvgIpc) is 3.04. The molecule has 29 heavy (non-hydrogen) atoms. The van der Waals surface area contributed by atoms with Gasteiger partial charge in [-0.05, 0) is 30.7 Å². The van der Waals surface area contributed by atoms with Crippen LogP contribution in [0.25, 0.3) is 10.2 Å². The number of anilines is 1. The fourth-order valence-electron chi connectivity index (χ4n) is 3.17. The molecule has 0 bridgehead atoms. The number of likely N-dealkylation sites (N-methyl/N-ethyl adjacent to an activating group) is 1. The minimum Gasteiger partial charge on any atom is -0.482 e. The SMILES string of the molecule is Cc1c(C(=O)O)sc2ncn(CC(=O)c3ccc4c(c3)N(C)C(=O)CO4)c(=O)c12. The minimum atomic E-state index is -1.12. The number of amides is 1. The van der Waals surface area contributed by atoms with Crippen LogP contribution in [0, 0.1) is 6.92 Å². The first-order valence-electron chi connectivity index (χ1n) is 8.56. The van der Waals surface area contributed by atoms with Gasteiger partial charge < -0.3 is 14.7 Å². The van der Waals surface area contributed by atoms with Gasteiger partial charge in [0.05, 0.1) is 23.9 Å². The Labute approximate surface area is 167 Å². The summed E-state index contributed by atoms with van der Waals surface area (Å²) < 4.78 is 6.50. The van der Waals surface area contributed by atoms with Crippen molar-refractivity contribution < 1.29 is 24.2 Å². The van der Waals surface area contributed by atoms with Crippen LogP contribution in [0.1, 0.15) is 25.6 Å². The molecule has 9 nitrogen and oxygen atoms in total. The van der Waals surface area contributed by atoms with E-state index in [-0.39, 0.29) is 35.1 Å². The van der Waals surface area contributed by atoms with Crippen molar-refractivity contribution >= 4 is 44.9 Å². The number of hydrogen-bond acceptors (Lipinski definition) is 7. The Morgan fingerprint density at radius 1 is 1.31 bits per heavy atom. The number of aryl methyl sites for hydroxylation is 1. The topological polar surface area (TPSA) is 119 Å². The number of benzene rings is 1. The lowest BCUT2D eigenvalue weighted by Crippen LogP contribution is -2.35. The summed E-state index contributed by atoms with van der Waals surface area (Å²) in [5, 5.41) is 9.44. The van der Waals surface area contributed by atoms with Crippen molar-refractivity contribution in [2.45, 2.75) is 13.5 Å². The molecule has 0 saturated heterocycles. The van der Waals surface area contributed by atoms with Gasteiger partial charge in [-0.2, -0.15) is 0 Å². The maximum atomic E-state index is 12.8. The summed E-state index contributed by atoms with van der Waals surface area (Å²) in [4.78, 5) is 54.6. The zero-order valence-electron chi connectivity index (χ0n) is 15.5. The number of rotatable bonds is 4. The van der Waals surface area contributed by atoms with E-state index in [1.54, 1.807) is 32.2 Å². The van der Waals surface area contributed by atoms with Crippen LogP contribution < -0.4 is 15.2 Å². The number of aromatic nitrogens is 2. The second kappa shape index (κ2) is 6.82. The minimum absolute atomic E-state index is 0.0519. The van der Waals surface area contributed by atoms with Gasteiger partial charge in [-0.1, -0.05) is 0 Å². The van der Waals surface area contributed by atoms with Gasteiger partial charge in [0.15, 0.2) is 12.4 Å². The molecule has 3 aromatic rings. The van der Waals surface area contributed by atoms with Crippen LogP contribution in [0.3, 0.4) is 0 Å². The number of carboxylic acid groups (broad SMARTS) is 1. The molecule has 10 heteroatoms. The van der Waals surface area contributed by atoms with E-state index in [2.05, 4.69) is 4.98 Å². The van der Waals surface area contributed by atoms with Crippen molar-refractivity contribution in [2.24, 2.45) is 0 Å². The standard InChI is InChI=1S/C19H15N3O6S/c1-9-15-17(29-16(9)19(26)27)20-8-22(18(15)25)6-12(23)10-3-4-13-11(5-10)21(2)14(24)7-28-13/h3-5,8H,6-7H2,1-2H3,(H,26,27). The Bertz CT molecular complexity index is 1260. The second-order valence-corrected chi connectivity index (χ2v) is 7.57. The Hall–Kier alpha value is -3.53. The van der Waals surface area contributed by atoms with Crippen molar-refractivity contribution in [3.05, 3.63) is 50.9 Å². The molecule has 0 saturated carbocycles. The molecule has 0 atom stereocenters. The smallest absolute Gasteiger partial charge is 0.346 e. The normalized spacial score (nSPS) is 13.3. The summed E-state index contributed by atoms with van der Waals surface area (Å²) in [5.41, 5.74) is 0.656. The molecule has 0 aliphatic carbocycles. The molecule has 3 heterocycles. The number of carboxylic acids is 1. The summed E-state index contributed by atoms with van der Waals surface area (Å²) in [6.45, 7) is 1.22. The zero-order chi connectivity index (χ0) is 20.9. The number of fused-ring (bicyclic) bond motifs is 2. The van der Waals surface area contributed by atoms with Gasteiger partial charge in [0.1, 0.15) is 15.5 Å². The van der Waals surface area contributed by atoms with Gasteiger partial charge in [0.2, 0.25) is 0 Å². The predicted molar refractivity (Wildman–Crippen MR) is 105 cm³/mol. The van der Waals surface area contributed by atoms with E-state index >= 15 is 0 Å². The number of Topliss-reactive ketones (excluding diaryl/α,β-unsaturated/α-hetero) is 1. The summed E-state index contributed by atoms with van der Waals surface area (Å²) in [6, 6.07) is 4.72. The largest absolute Gasteiger partial charge is 0.482 e. The van der Waals surface area contributed by atoms with Crippen molar-refractivity contribution in [1.82, 2.24) is 9.55 Å². The van der Waals surface area contributed by atoms with E-state index in [9.17, 15) is 24.3 Å². The molecule has 0 radical (unpaired) electrons. The number of hydrogen-bond donors (Lipinski definition) is 1. The number of ketones is 1. The Balaban J connectivity index is 1.69. The molecular weight excluding hydrogens is 398 g/mol. The predicted octanol–water partition coefficient (Wildman–Crippen LogP) is 1.70. The first-order chi connectivity index (χ1) is 13.8. The second-order valence-electron chi connectivity index (χ2n) is 6.57. The van der Waals surface area contributed by atoms with Crippen LogP contribution >= 0.6 is 11.3 Å². The van der Waals surface area contributed by atoms with Crippen molar-refractivity contribution in [3.8, 4) is 5.75 Å². The number of ether oxygens (including phenoxy) is 1. The van der Waals surface area contributed by atoms with Crippen LogP contribution in [-0.4, -0.2) is 46.0 Å². The molecule has 0 spiro atoms. The Morgan fingerprint density at radius 2 is 2.07 bits per heavy atom. The van der Waals surface area contributed by atoms with Crippen molar-refractivity contribution in [2.75, 3.05) is 18.6 Å². The van der Waals surface area contributed by atoms with Gasteiger partial charge in [-0.3, -0.25) is 19.0 Å². The molecule has 1 N–H and O–H groups in total. The maximum Gasteiger partial charge on any atom is 0.346 e. The fraction of sp³-hybridized carbons (Fsp3) is 0.211. The molecular formula is C19H15N3O6S. The van der Waals surface area contributed by atoms with Crippen LogP contribution in [0.15, 0.2) is 29.3 Å². The first-order valence-corrected chi connectivity index (χ1v) is 9.38. The highest BCUT2D eigenvalue weighted by molar-refractivity contribution is 7.20. The van der Waals surface area contributed by atoms with Crippen LogP contribution in [0.2, 0.25) is 0 Å². The molecule has 1 amide bonds. The Morgan fingerprint density at radius 3 is 2.79 bits per heavy atom. The number of carbonyl (C=O) groups excluding carboxylic acids is 2. The molecule has 0 unspecified atom stereocenters. The fourth-order valence-corrected chi connectivity index (χ4v) is 4.15. The Kier molecular flexibility index (Phi) is 4.42. The van der Waals surface area contributed by atoms with Crippen LogP contribution in [-0.2, 0) is 11.3 Å². The molecule has 1 aliphatic rings. The summed E-state index contributed by atoms with van der Waals surface area (Å²) in [7, 11) is 1.60. The maximum absolute atomic E-state index is 12.8. The molecule has 0 fully saturated rings. The van der Waals surface area contributed by atoms with Gasteiger partial charge in [-0.15, -0.1) is 11.3 Å². The third-order valence-electron chi connectivity index (χ3n) is 4.79. The van der Waals surface area contributed by atoms with Crippen molar-refractivity contribution in [3.63, 3.8) is 0 Å². The lowest BCUT2D eigenvalue weighted by Gasteiger charge is -2.26. The van der Waals surface area contributed by atoms with Crippen LogP contribution in [0.4, 0.5) is 5.69 Å². The molecule has 1 aromatic carbocycles. The van der Waals surface area contributed by atoms with E-state index in [1.165, 1.54) is 11.2 Å². The highest BCUT2D eigenvalue weighted by Crippen LogP contribution is 2.32. The number of thiophene rings is 1.